The van der Waals surface area contributed by atoms with Gasteiger partial charge in [0.25, 0.3) is 0 Å². The summed E-state index contributed by atoms with van der Waals surface area (Å²) in [5.41, 5.74) is 1.47. The molecule has 0 spiro atoms. The van der Waals surface area contributed by atoms with Gasteiger partial charge in [-0.25, -0.2) is 0 Å². The van der Waals surface area contributed by atoms with Crippen molar-refractivity contribution in [2.24, 2.45) is 0 Å². The van der Waals surface area contributed by atoms with E-state index in [2.05, 4.69) is 4.98 Å². The minimum atomic E-state index is 0.382. The first-order valence-corrected chi connectivity index (χ1v) is 6.18. The summed E-state index contributed by atoms with van der Waals surface area (Å²) in [4.78, 5) is 4.40. The molecular weight excluding hydrogens is 288 g/mol. The van der Waals surface area contributed by atoms with Crippen molar-refractivity contribution in [1.82, 2.24) is 4.98 Å². The van der Waals surface area contributed by atoms with Crippen LogP contribution < -0.4 is 0 Å². The third-order valence-corrected chi connectivity index (χ3v) is 3.67. The molecule has 0 aliphatic rings. The molecule has 0 aliphatic heterocycles. The molecule has 0 N–H and O–H groups in total. The molecule has 5 heteroatoms. The molecule has 1 aromatic carbocycles. The average Bonchev–Trinajstić information content (AvgIpc) is 2.25. The molecular formula is C11H7Cl4N. The Morgan fingerprint density at radius 2 is 1.69 bits per heavy atom. The Morgan fingerprint density at radius 3 is 2.31 bits per heavy atom. The van der Waals surface area contributed by atoms with Crippen molar-refractivity contribution in [1.29, 1.82) is 0 Å². The topological polar surface area (TPSA) is 12.9 Å². The van der Waals surface area contributed by atoms with Crippen LogP contribution in [0.25, 0.3) is 10.9 Å². The summed E-state index contributed by atoms with van der Waals surface area (Å²) in [6.45, 7) is 2.00. The Morgan fingerprint density at radius 1 is 1.00 bits per heavy atom. The Balaban J connectivity index is 2.94. The molecule has 2 rings (SSSR count). The summed E-state index contributed by atoms with van der Waals surface area (Å²) in [5, 5.41) is 2.37. The molecule has 0 saturated carbocycles. The summed E-state index contributed by atoms with van der Waals surface area (Å²) >= 11 is 24.2. The Bertz CT molecular complexity index is 566. The average molecular weight is 295 g/mol. The molecule has 16 heavy (non-hydrogen) atoms. The van der Waals surface area contributed by atoms with E-state index in [9.17, 15) is 0 Å². The lowest BCUT2D eigenvalue weighted by atomic mass is 10.2. The molecule has 0 unspecified atom stereocenters. The maximum Gasteiger partial charge on any atom is 0.0922 e. The standard InChI is InChI=1S/C11H7Cl4N/c1-2-5-3-6(12)9-10(15)7(13)4-8(14)11(9)16-5/h3-4H,2H2,1H3. The third-order valence-electron chi connectivity index (χ3n) is 2.30. The van der Waals surface area contributed by atoms with Crippen LogP contribution in [0.15, 0.2) is 12.1 Å². The summed E-state index contributed by atoms with van der Waals surface area (Å²) in [5.74, 6) is 0. The summed E-state index contributed by atoms with van der Waals surface area (Å²) < 4.78 is 0. The molecule has 0 aliphatic carbocycles. The van der Waals surface area contributed by atoms with Crippen molar-refractivity contribution >= 4 is 57.3 Å². The van der Waals surface area contributed by atoms with Crippen LogP contribution in [-0.4, -0.2) is 4.98 Å². The zero-order valence-electron chi connectivity index (χ0n) is 8.32. The van der Waals surface area contributed by atoms with Crippen LogP contribution in [0, 0.1) is 0 Å². The highest BCUT2D eigenvalue weighted by atomic mass is 35.5. The highest BCUT2D eigenvalue weighted by Gasteiger charge is 2.13. The normalized spacial score (nSPS) is 11.1. The van der Waals surface area contributed by atoms with Gasteiger partial charge in [-0.2, -0.15) is 0 Å². The van der Waals surface area contributed by atoms with E-state index in [1.54, 1.807) is 12.1 Å². The van der Waals surface area contributed by atoms with E-state index in [1.807, 2.05) is 6.92 Å². The van der Waals surface area contributed by atoms with Crippen LogP contribution >= 0.6 is 46.4 Å². The van der Waals surface area contributed by atoms with Crippen LogP contribution in [0.2, 0.25) is 20.1 Å². The number of halogens is 4. The maximum absolute atomic E-state index is 6.15. The highest BCUT2D eigenvalue weighted by Crippen LogP contribution is 2.38. The molecule has 1 aromatic heterocycles. The summed E-state index contributed by atoms with van der Waals surface area (Å²) in [6, 6.07) is 3.36. The number of aromatic nitrogens is 1. The lowest BCUT2D eigenvalue weighted by molar-refractivity contribution is 1.06. The maximum atomic E-state index is 6.15. The fourth-order valence-corrected chi connectivity index (χ4v) is 2.60. The van der Waals surface area contributed by atoms with Gasteiger partial charge >= 0.3 is 0 Å². The number of nitrogens with zero attached hydrogens (tertiary/aromatic N) is 1. The van der Waals surface area contributed by atoms with Gasteiger partial charge in [-0.3, -0.25) is 4.98 Å². The number of rotatable bonds is 1. The number of fused-ring (bicyclic) bond motifs is 1. The lowest BCUT2D eigenvalue weighted by Gasteiger charge is -2.08. The molecule has 1 nitrogen and oxygen atoms in total. The fourth-order valence-electron chi connectivity index (χ4n) is 1.49. The molecule has 0 fully saturated rings. The third kappa shape index (κ3) is 1.98. The molecule has 0 bridgehead atoms. The first kappa shape index (κ1) is 12.3. The monoisotopic (exact) mass is 293 g/mol. The molecule has 0 atom stereocenters. The van der Waals surface area contributed by atoms with Gasteiger partial charge in [0.2, 0.25) is 0 Å². The van der Waals surface area contributed by atoms with Gasteiger partial charge in [0.15, 0.2) is 0 Å². The van der Waals surface area contributed by atoms with E-state index in [4.69, 9.17) is 46.4 Å². The van der Waals surface area contributed by atoms with Gasteiger partial charge in [-0.1, -0.05) is 53.3 Å². The van der Waals surface area contributed by atoms with Crippen molar-refractivity contribution in [2.75, 3.05) is 0 Å². The Hall–Kier alpha value is -0.210. The molecule has 0 saturated heterocycles. The molecule has 0 radical (unpaired) electrons. The predicted octanol–water partition coefficient (Wildman–Crippen LogP) is 5.41. The van der Waals surface area contributed by atoms with Gasteiger partial charge in [-0.05, 0) is 18.6 Å². The van der Waals surface area contributed by atoms with Crippen LogP contribution in [0.3, 0.4) is 0 Å². The molecule has 1 heterocycles. The first-order chi connectivity index (χ1) is 7.54. The van der Waals surface area contributed by atoms with Crippen molar-refractivity contribution in [3.63, 3.8) is 0 Å². The number of aryl methyl sites for hydroxylation is 1. The van der Waals surface area contributed by atoms with E-state index in [0.717, 1.165) is 12.1 Å². The van der Waals surface area contributed by atoms with Gasteiger partial charge in [0.05, 0.1) is 25.6 Å². The van der Waals surface area contributed by atoms with E-state index < -0.39 is 0 Å². The molecule has 84 valence electrons. The highest BCUT2D eigenvalue weighted by molar-refractivity contribution is 6.50. The van der Waals surface area contributed by atoms with Crippen LogP contribution in [0.4, 0.5) is 0 Å². The first-order valence-electron chi connectivity index (χ1n) is 4.67. The summed E-state index contributed by atoms with van der Waals surface area (Å²) in [6.07, 6.45) is 0.784. The molecule has 0 amide bonds. The van der Waals surface area contributed by atoms with Gasteiger partial charge in [-0.15, -0.1) is 0 Å². The van der Waals surface area contributed by atoms with E-state index in [0.29, 0.717) is 31.0 Å². The minimum absolute atomic E-state index is 0.382. The van der Waals surface area contributed by atoms with Crippen LogP contribution in [0.1, 0.15) is 12.6 Å². The van der Waals surface area contributed by atoms with Crippen LogP contribution in [-0.2, 0) is 6.42 Å². The smallest absolute Gasteiger partial charge is 0.0922 e. The van der Waals surface area contributed by atoms with Gasteiger partial charge in [0.1, 0.15) is 0 Å². The SMILES string of the molecule is CCc1cc(Cl)c2c(Cl)c(Cl)cc(Cl)c2n1. The zero-order valence-corrected chi connectivity index (χ0v) is 11.3. The quantitative estimate of drug-likeness (QED) is 0.641. The van der Waals surface area contributed by atoms with E-state index in [-0.39, 0.29) is 0 Å². The van der Waals surface area contributed by atoms with E-state index >= 15 is 0 Å². The second-order valence-corrected chi connectivity index (χ2v) is 4.93. The summed E-state index contributed by atoms with van der Waals surface area (Å²) in [7, 11) is 0. The van der Waals surface area contributed by atoms with Gasteiger partial charge < -0.3 is 0 Å². The minimum Gasteiger partial charge on any atom is -0.251 e. The molecule has 2 aromatic rings. The second-order valence-electron chi connectivity index (χ2n) is 3.33. The van der Waals surface area contributed by atoms with Crippen molar-refractivity contribution < 1.29 is 0 Å². The van der Waals surface area contributed by atoms with Crippen molar-refractivity contribution in [3.05, 3.63) is 37.9 Å². The van der Waals surface area contributed by atoms with Gasteiger partial charge in [0, 0.05) is 11.1 Å². The number of pyridine rings is 1. The Labute approximate surface area is 113 Å². The zero-order chi connectivity index (χ0) is 11.9. The number of hydrogen-bond donors (Lipinski definition) is 0. The lowest BCUT2D eigenvalue weighted by Crippen LogP contribution is -1.91. The fraction of sp³-hybridized carbons (Fsp3) is 0.182. The largest absolute Gasteiger partial charge is 0.251 e. The van der Waals surface area contributed by atoms with Crippen LogP contribution in [0.5, 0.6) is 0 Å². The number of hydrogen-bond acceptors (Lipinski definition) is 1. The Kier molecular flexibility index (Phi) is 3.50. The van der Waals surface area contributed by atoms with Crippen molar-refractivity contribution in [2.45, 2.75) is 13.3 Å². The predicted molar refractivity (Wildman–Crippen MR) is 71.2 cm³/mol. The van der Waals surface area contributed by atoms with Crippen molar-refractivity contribution in [3.8, 4) is 0 Å². The second kappa shape index (κ2) is 4.58. The number of benzene rings is 1. The van der Waals surface area contributed by atoms with E-state index in [1.165, 1.54) is 0 Å².